The van der Waals surface area contributed by atoms with Crippen LogP contribution in [0.25, 0.3) is 0 Å². The van der Waals surface area contributed by atoms with Gasteiger partial charge >= 0.3 is 0 Å². The number of aryl methyl sites for hydroxylation is 1. The highest BCUT2D eigenvalue weighted by Crippen LogP contribution is 2.32. The van der Waals surface area contributed by atoms with Crippen molar-refractivity contribution in [1.29, 1.82) is 0 Å². The van der Waals surface area contributed by atoms with Gasteiger partial charge in [0.15, 0.2) is 5.16 Å². The van der Waals surface area contributed by atoms with Crippen LogP contribution in [0.15, 0.2) is 40.5 Å². The van der Waals surface area contributed by atoms with E-state index in [4.69, 9.17) is 0 Å². The molecule has 1 atom stereocenters. The Morgan fingerprint density at radius 1 is 1.42 bits per heavy atom. The van der Waals surface area contributed by atoms with E-state index in [2.05, 4.69) is 22.2 Å². The lowest BCUT2D eigenvalue weighted by Crippen LogP contribution is -2.30. The number of hydrogen-bond acceptors (Lipinski definition) is 5. The van der Waals surface area contributed by atoms with E-state index in [9.17, 15) is 9.59 Å². The van der Waals surface area contributed by atoms with Gasteiger partial charge in [0, 0.05) is 42.9 Å². The summed E-state index contributed by atoms with van der Waals surface area (Å²) in [7, 11) is 0. The first-order valence-corrected chi connectivity index (χ1v) is 9.06. The van der Waals surface area contributed by atoms with Gasteiger partial charge in [-0.2, -0.15) is 0 Å². The molecule has 0 saturated carbocycles. The number of rotatable bonds is 6. The quantitative estimate of drug-likeness (QED) is 0.811. The Hall–Kier alpha value is -2.15. The van der Waals surface area contributed by atoms with Crippen molar-refractivity contribution < 1.29 is 4.79 Å². The number of thioether (sulfide) groups is 1. The summed E-state index contributed by atoms with van der Waals surface area (Å²) in [5.41, 5.74) is 1.78. The molecule has 0 aromatic carbocycles. The van der Waals surface area contributed by atoms with Crippen LogP contribution < -0.4 is 10.9 Å². The molecule has 0 radical (unpaired) electrons. The van der Waals surface area contributed by atoms with Crippen LogP contribution >= 0.6 is 11.8 Å². The normalized spacial score (nSPS) is 16.0. The minimum absolute atomic E-state index is 0.0552. The maximum atomic E-state index is 12.3. The molecule has 1 aliphatic rings. The average molecular weight is 344 g/mol. The lowest BCUT2D eigenvalue weighted by atomic mass is 10.2. The van der Waals surface area contributed by atoms with Crippen LogP contribution in [-0.2, 0) is 17.8 Å². The summed E-state index contributed by atoms with van der Waals surface area (Å²) in [5.74, 6) is 0.648. The fourth-order valence-corrected chi connectivity index (χ4v) is 3.89. The maximum Gasteiger partial charge on any atom is 0.254 e. The standard InChI is InChI=1S/C17H20N4O2S/c1-2-3-13-8-16(23)21-14(11-24-17(21)20-13)9-15(22)19-10-12-4-6-18-7-5-12/h4-8,14H,2-3,9-11H2,1H3,(H,19,22). The smallest absolute Gasteiger partial charge is 0.254 e. The minimum Gasteiger partial charge on any atom is -0.352 e. The van der Waals surface area contributed by atoms with Crippen LogP contribution in [-0.4, -0.2) is 26.2 Å². The molecule has 2 aromatic rings. The van der Waals surface area contributed by atoms with Crippen LogP contribution in [0.2, 0.25) is 0 Å². The van der Waals surface area contributed by atoms with Crippen molar-refractivity contribution in [3.05, 3.63) is 52.2 Å². The van der Waals surface area contributed by atoms with Crippen LogP contribution in [0, 0.1) is 0 Å². The zero-order chi connectivity index (χ0) is 16.9. The van der Waals surface area contributed by atoms with E-state index in [0.29, 0.717) is 18.7 Å². The number of nitrogens with zero attached hydrogens (tertiary/aromatic N) is 3. The second-order valence-corrected chi connectivity index (χ2v) is 6.78. The second kappa shape index (κ2) is 7.61. The van der Waals surface area contributed by atoms with E-state index in [1.165, 1.54) is 0 Å². The van der Waals surface area contributed by atoms with Gasteiger partial charge in [0.05, 0.1) is 6.04 Å². The molecular formula is C17H20N4O2S. The maximum absolute atomic E-state index is 12.3. The third-order valence-electron chi connectivity index (χ3n) is 3.91. The van der Waals surface area contributed by atoms with E-state index in [1.807, 2.05) is 12.1 Å². The van der Waals surface area contributed by atoms with Gasteiger partial charge in [-0.1, -0.05) is 25.1 Å². The summed E-state index contributed by atoms with van der Waals surface area (Å²) < 4.78 is 1.66. The number of pyridine rings is 1. The zero-order valence-corrected chi connectivity index (χ0v) is 14.4. The Labute approximate surface area is 144 Å². The van der Waals surface area contributed by atoms with Gasteiger partial charge < -0.3 is 5.32 Å². The van der Waals surface area contributed by atoms with E-state index < -0.39 is 0 Å². The van der Waals surface area contributed by atoms with Gasteiger partial charge in [-0.15, -0.1) is 0 Å². The highest BCUT2D eigenvalue weighted by atomic mass is 32.2. The van der Waals surface area contributed by atoms with Gasteiger partial charge in [0.25, 0.3) is 5.56 Å². The van der Waals surface area contributed by atoms with Crippen LogP contribution in [0.5, 0.6) is 0 Å². The molecule has 6 nitrogen and oxygen atoms in total. The van der Waals surface area contributed by atoms with Gasteiger partial charge in [0.2, 0.25) is 5.91 Å². The summed E-state index contributed by atoms with van der Waals surface area (Å²) in [6.45, 7) is 2.53. The Morgan fingerprint density at radius 3 is 2.96 bits per heavy atom. The molecule has 1 aliphatic heterocycles. The molecule has 3 rings (SSSR count). The molecule has 1 amide bonds. The molecule has 0 aliphatic carbocycles. The minimum atomic E-state index is -0.127. The third kappa shape index (κ3) is 3.84. The number of hydrogen-bond donors (Lipinski definition) is 1. The largest absolute Gasteiger partial charge is 0.352 e. The Bertz CT molecular complexity index is 776. The second-order valence-electron chi connectivity index (χ2n) is 5.79. The van der Waals surface area contributed by atoms with Gasteiger partial charge in [-0.25, -0.2) is 4.98 Å². The van der Waals surface area contributed by atoms with Crippen LogP contribution in [0.4, 0.5) is 0 Å². The van der Waals surface area contributed by atoms with Crippen molar-refractivity contribution >= 4 is 17.7 Å². The van der Waals surface area contributed by atoms with E-state index in [1.54, 1.807) is 34.8 Å². The summed E-state index contributed by atoms with van der Waals surface area (Å²) in [6.07, 6.45) is 5.46. The molecule has 3 heterocycles. The lowest BCUT2D eigenvalue weighted by Gasteiger charge is -2.13. The lowest BCUT2D eigenvalue weighted by molar-refractivity contribution is -0.121. The van der Waals surface area contributed by atoms with Crippen LogP contribution in [0.1, 0.15) is 37.1 Å². The molecule has 1 unspecified atom stereocenters. The number of aromatic nitrogens is 3. The van der Waals surface area contributed by atoms with E-state index >= 15 is 0 Å². The average Bonchev–Trinajstić information content (AvgIpc) is 2.97. The van der Waals surface area contributed by atoms with Gasteiger partial charge in [-0.3, -0.25) is 19.1 Å². The highest BCUT2D eigenvalue weighted by Gasteiger charge is 2.27. The molecule has 1 N–H and O–H groups in total. The number of carbonyl (C=O) groups excluding carboxylic acids is 1. The number of amides is 1. The van der Waals surface area contributed by atoms with Crippen molar-refractivity contribution in [3.8, 4) is 0 Å². The Kier molecular flexibility index (Phi) is 5.30. The van der Waals surface area contributed by atoms with Crippen molar-refractivity contribution in [2.45, 2.75) is 43.9 Å². The molecule has 24 heavy (non-hydrogen) atoms. The highest BCUT2D eigenvalue weighted by molar-refractivity contribution is 7.99. The van der Waals surface area contributed by atoms with Crippen molar-refractivity contribution in [2.24, 2.45) is 0 Å². The van der Waals surface area contributed by atoms with Crippen molar-refractivity contribution in [1.82, 2.24) is 19.9 Å². The molecular weight excluding hydrogens is 324 g/mol. The first kappa shape index (κ1) is 16.7. The summed E-state index contributed by atoms with van der Waals surface area (Å²) in [4.78, 5) is 33.0. The third-order valence-corrected chi connectivity index (χ3v) is 5.01. The van der Waals surface area contributed by atoms with Gasteiger partial charge in [-0.05, 0) is 24.1 Å². The molecule has 0 spiro atoms. The molecule has 0 fully saturated rings. The molecule has 0 bridgehead atoms. The number of nitrogens with one attached hydrogen (secondary N) is 1. The summed E-state index contributed by atoms with van der Waals surface area (Å²) >= 11 is 1.55. The van der Waals surface area contributed by atoms with Gasteiger partial charge in [0.1, 0.15) is 0 Å². The first-order chi connectivity index (χ1) is 11.7. The number of carbonyl (C=O) groups is 1. The predicted octanol–water partition coefficient (Wildman–Crippen LogP) is 1.94. The van der Waals surface area contributed by atoms with E-state index in [0.717, 1.165) is 29.3 Å². The Morgan fingerprint density at radius 2 is 2.21 bits per heavy atom. The molecule has 7 heteroatoms. The number of fused-ring (bicyclic) bond motifs is 1. The molecule has 0 saturated heterocycles. The Balaban J connectivity index is 1.64. The topological polar surface area (TPSA) is 76.9 Å². The van der Waals surface area contributed by atoms with E-state index in [-0.39, 0.29) is 17.5 Å². The van der Waals surface area contributed by atoms with Crippen molar-refractivity contribution in [3.63, 3.8) is 0 Å². The fourth-order valence-electron chi connectivity index (χ4n) is 2.72. The summed E-state index contributed by atoms with van der Waals surface area (Å²) in [6, 6.07) is 5.20. The monoisotopic (exact) mass is 344 g/mol. The SMILES string of the molecule is CCCc1cc(=O)n2c(n1)SCC2CC(=O)NCc1ccncc1. The van der Waals surface area contributed by atoms with Crippen molar-refractivity contribution in [2.75, 3.05) is 5.75 Å². The zero-order valence-electron chi connectivity index (χ0n) is 13.6. The first-order valence-electron chi connectivity index (χ1n) is 8.08. The fraction of sp³-hybridized carbons (Fsp3) is 0.412. The van der Waals surface area contributed by atoms with Crippen LogP contribution in [0.3, 0.4) is 0 Å². The molecule has 126 valence electrons. The molecule has 2 aromatic heterocycles. The summed E-state index contributed by atoms with van der Waals surface area (Å²) in [5, 5.41) is 3.63. The predicted molar refractivity (Wildman–Crippen MR) is 93.0 cm³/mol.